The Morgan fingerprint density at radius 1 is 0.968 bits per heavy atom. The minimum Gasteiger partial charge on any atom is -0.393 e. The zero-order valence-electron chi connectivity index (χ0n) is 19.9. The number of nitriles is 1. The summed E-state index contributed by atoms with van der Waals surface area (Å²) in [6.45, 7) is 9.65. The third-order valence-corrected chi connectivity index (χ3v) is 10.8. The number of fused-ring (bicyclic) bond motifs is 5. The smallest absolute Gasteiger partial charge is 0.0655 e. The molecule has 0 heterocycles. The zero-order chi connectivity index (χ0) is 21.7. The van der Waals surface area contributed by atoms with Gasteiger partial charge in [0.2, 0.25) is 0 Å². The molecule has 3 heteroatoms. The number of rotatable bonds is 5. The molecule has 4 aliphatic rings. The Labute approximate surface area is 192 Å². The highest BCUT2D eigenvalue weighted by Gasteiger charge is 2.62. The van der Waals surface area contributed by atoms with Crippen LogP contribution < -0.4 is 5.73 Å². The van der Waals surface area contributed by atoms with Gasteiger partial charge in [0.15, 0.2) is 0 Å². The van der Waals surface area contributed by atoms with Crippen LogP contribution in [0.3, 0.4) is 0 Å². The molecule has 31 heavy (non-hydrogen) atoms. The molecule has 0 aromatic heterocycles. The molecule has 0 amide bonds. The van der Waals surface area contributed by atoms with Gasteiger partial charge in [-0.3, -0.25) is 0 Å². The lowest BCUT2D eigenvalue weighted by molar-refractivity contribution is -0.162. The molecule has 0 saturated heterocycles. The van der Waals surface area contributed by atoms with Crippen molar-refractivity contribution in [2.24, 2.45) is 58.0 Å². The van der Waals surface area contributed by atoms with Crippen LogP contribution in [0.2, 0.25) is 0 Å². The van der Waals surface area contributed by atoms with Gasteiger partial charge in [-0.2, -0.15) is 5.26 Å². The highest BCUT2D eigenvalue weighted by atomic mass is 16.3. The van der Waals surface area contributed by atoms with Crippen LogP contribution >= 0.6 is 0 Å². The van der Waals surface area contributed by atoms with Crippen LogP contribution in [0.1, 0.15) is 106 Å². The monoisotopic (exact) mass is 430 g/mol. The summed E-state index contributed by atoms with van der Waals surface area (Å²) >= 11 is 0. The number of hydrogen-bond donors (Lipinski definition) is 2. The molecule has 178 valence electrons. The van der Waals surface area contributed by atoms with Gasteiger partial charge < -0.3 is 10.8 Å². The van der Waals surface area contributed by atoms with Crippen molar-refractivity contribution in [3.05, 3.63) is 0 Å². The van der Waals surface area contributed by atoms with Crippen LogP contribution in [0.4, 0.5) is 0 Å². The van der Waals surface area contributed by atoms with Crippen LogP contribution in [-0.2, 0) is 0 Å². The lowest BCUT2D eigenvalue weighted by atomic mass is 9.43. The van der Waals surface area contributed by atoms with Gasteiger partial charge >= 0.3 is 0 Å². The molecule has 4 rings (SSSR count). The van der Waals surface area contributed by atoms with Crippen LogP contribution in [0.5, 0.6) is 0 Å². The van der Waals surface area contributed by atoms with Crippen molar-refractivity contribution in [3.8, 4) is 6.07 Å². The van der Waals surface area contributed by atoms with Gasteiger partial charge in [0.05, 0.1) is 12.2 Å². The Morgan fingerprint density at radius 2 is 1.65 bits per heavy atom. The molecule has 3 N–H and O–H groups in total. The van der Waals surface area contributed by atoms with Crippen LogP contribution in [0.25, 0.3) is 0 Å². The highest BCUT2D eigenvalue weighted by Crippen LogP contribution is 2.68. The molecule has 0 bridgehead atoms. The molecule has 4 saturated carbocycles. The second-order valence-electron chi connectivity index (χ2n) is 12.6. The standard InChI is InChI=1S/C27H46N2O.CH4/c1-17(2)6-5-7-24(29)22-9-8-20-19-15-25(30)23-14-18(16-28)10-12-27(23,4)21(19)11-13-26(20,22)3;/h17-25,30H,5-15,29H2,1-4H3;1H4/t18?,19?,20?,21-,22?,23?,24?,25-,26?,27?;/m0./s1. The number of aliphatic hydroxyl groups excluding tert-OH is 1. The molecule has 0 spiro atoms. The predicted molar refractivity (Wildman–Crippen MR) is 129 cm³/mol. The average Bonchev–Trinajstić information content (AvgIpc) is 3.05. The molecule has 0 aromatic rings. The molecule has 4 aliphatic carbocycles. The second kappa shape index (κ2) is 9.34. The Balaban J connectivity index is 0.00000272. The van der Waals surface area contributed by atoms with Crippen molar-refractivity contribution in [3.63, 3.8) is 0 Å². The first-order chi connectivity index (χ1) is 14.2. The molecule has 0 aliphatic heterocycles. The largest absolute Gasteiger partial charge is 0.393 e. The number of aliphatic hydroxyl groups is 1. The summed E-state index contributed by atoms with van der Waals surface area (Å²) in [6, 6.07) is 2.85. The quantitative estimate of drug-likeness (QED) is 0.520. The van der Waals surface area contributed by atoms with E-state index in [-0.39, 0.29) is 24.9 Å². The molecule has 0 radical (unpaired) electrons. The molecular formula is C28H50N2O. The van der Waals surface area contributed by atoms with Gasteiger partial charge in [0.1, 0.15) is 0 Å². The van der Waals surface area contributed by atoms with Gasteiger partial charge in [0, 0.05) is 12.0 Å². The molecule has 8 unspecified atom stereocenters. The number of nitrogens with two attached hydrogens (primary N) is 1. The van der Waals surface area contributed by atoms with E-state index >= 15 is 0 Å². The third-order valence-electron chi connectivity index (χ3n) is 10.8. The average molecular weight is 431 g/mol. The van der Waals surface area contributed by atoms with Crippen LogP contribution in [-0.4, -0.2) is 17.3 Å². The predicted octanol–water partition coefficient (Wildman–Crippen LogP) is 6.55. The molecule has 4 fully saturated rings. The summed E-state index contributed by atoms with van der Waals surface area (Å²) in [6.07, 6.45) is 12.8. The van der Waals surface area contributed by atoms with Crippen molar-refractivity contribution < 1.29 is 5.11 Å². The lowest BCUT2D eigenvalue weighted by Gasteiger charge is -2.62. The summed E-state index contributed by atoms with van der Waals surface area (Å²) < 4.78 is 0. The summed E-state index contributed by atoms with van der Waals surface area (Å²) in [5.74, 6) is 4.05. The van der Waals surface area contributed by atoms with Gasteiger partial charge in [0.25, 0.3) is 0 Å². The fourth-order valence-electron chi connectivity index (χ4n) is 9.12. The van der Waals surface area contributed by atoms with E-state index in [1.807, 2.05) is 0 Å². The maximum atomic E-state index is 11.2. The molecular weight excluding hydrogens is 380 g/mol. The Morgan fingerprint density at radius 3 is 2.32 bits per heavy atom. The molecule has 10 atom stereocenters. The van der Waals surface area contributed by atoms with Gasteiger partial charge in [-0.05, 0) is 104 Å². The molecule has 3 nitrogen and oxygen atoms in total. The Hall–Kier alpha value is -0.590. The van der Waals surface area contributed by atoms with Crippen LogP contribution in [0, 0.1) is 63.6 Å². The summed E-state index contributed by atoms with van der Waals surface area (Å²) in [7, 11) is 0. The SMILES string of the molecule is C.CC(C)CCCC(N)C1CCC2C3C[C@H](O)C4CC(C#N)CCC4(C)[C@H]3CCC12C. The zero-order valence-corrected chi connectivity index (χ0v) is 19.9. The summed E-state index contributed by atoms with van der Waals surface area (Å²) in [5.41, 5.74) is 7.43. The minimum absolute atomic E-state index is 0. The van der Waals surface area contributed by atoms with E-state index in [1.165, 1.54) is 44.9 Å². The Kier molecular flexibility index (Phi) is 7.55. The van der Waals surface area contributed by atoms with Gasteiger partial charge in [-0.15, -0.1) is 0 Å². The highest BCUT2D eigenvalue weighted by molar-refractivity contribution is 5.12. The topological polar surface area (TPSA) is 70.0 Å². The van der Waals surface area contributed by atoms with Crippen LogP contribution in [0.15, 0.2) is 0 Å². The fourth-order valence-corrected chi connectivity index (χ4v) is 9.12. The number of nitrogens with zero attached hydrogens (tertiary/aromatic N) is 1. The maximum absolute atomic E-state index is 11.2. The fraction of sp³-hybridized carbons (Fsp3) is 0.964. The molecule has 0 aromatic carbocycles. The maximum Gasteiger partial charge on any atom is 0.0655 e. The van der Waals surface area contributed by atoms with Crippen molar-refractivity contribution in [2.75, 3.05) is 0 Å². The first kappa shape index (κ1) is 25.0. The van der Waals surface area contributed by atoms with Crippen molar-refractivity contribution in [2.45, 2.75) is 118 Å². The van der Waals surface area contributed by atoms with E-state index in [9.17, 15) is 10.4 Å². The second-order valence-corrected chi connectivity index (χ2v) is 12.6. The van der Waals surface area contributed by atoms with Crippen molar-refractivity contribution in [1.29, 1.82) is 5.26 Å². The van der Waals surface area contributed by atoms with Crippen molar-refractivity contribution in [1.82, 2.24) is 0 Å². The first-order valence-corrected chi connectivity index (χ1v) is 13.0. The van der Waals surface area contributed by atoms with E-state index in [0.29, 0.717) is 29.2 Å². The van der Waals surface area contributed by atoms with Crippen molar-refractivity contribution >= 4 is 0 Å². The summed E-state index contributed by atoms with van der Waals surface area (Å²) in [5, 5.41) is 20.7. The van der Waals surface area contributed by atoms with E-state index in [4.69, 9.17) is 5.73 Å². The van der Waals surface area contributed by atoms with E-state index in [0.717, 1.165) is 43.4 Å². The number of hydrogen-bond acceptors (Lipinski definition) is 3. The van der Waals surface area contributed by atoms with E-state index in [1.54, 1.807) is 0 Å². The minimum atomic E-state index is -0.214. The third kappa shape index (κ3) is 4.21. The van der Waals surface area contributed by atoms with Gasteiger partial charge in [-0.25, -0.2) is 0 Å². The van der Waals surface area contributed by atoms with E-state index < -0.39 is 0 Å². The lowest BCUT2D eigenvalue weighted by Crippen LogP contribution is -2.58. The van der Waals surface area contributed by atoms with E-state index in [2.05, 4.69) is 33.8 Å². The van der Waals surface area contributed by atoms with Gasteiger partial charge in [-0.1, -0.05) is 48.0 Å². The first-order valence-electron chi connectivity index (χ1n) is 13.0. The normalized spacial score (nSPS) is 47.5. The Bertz CT molecular complexity index is 656. The summed E-state index contributed by atoms with van der Waals surface area (Å²) in [4.78, 5) is 0.